The van der Waals surface area contributed by atoms with Gasteiger partial charge in [0.25, 0.3) is 0 Å². The number of anilines is 1. The van der Waals surface area contributed by atoms with Crippen molar-refractivity contribution in [3.63, 3.8) is 0 Å². The maximum Gasteiger partial charge on any atom is 0.243 e. The van der Waals surface area contributed by atoms with Gasteiger partial charge in [-0.25, -0.2) is 8.42 Å². The van der Waals surface area contributed by atoms with Crippen LogP contribution in [0.3, 0.4) is 0 Å². The first kappa shape index (κ1) is 21.9. The SMILES string of the molecule is CCOc1ccc(S(=O)(=O)N(CC)CC)cc1NC(=S)NC1CCCCC1. The maximum absolute atomic E-state index is 12.8. The lowest BCUT2D eigenvalue weighted by atomic mass is 9.96. The van der Waals surface area contributed by atoms with E-state index in [1.54, 1.807) is 18.2 Å². The van der Waals surface area contributed by atoms with Gasteiger partial charge in [-0.2, -0.15) is 4.31 Å². The van der Waals surface area contributed by atoms with E-state index >= 15 is 0 Å². The van der Waals surface area contributed by atoms with E-state index < -0.39 is 10.0 Å². The Morgan fingerprint density at radius 3 is 2.44 bits per heavy atom. The molecule has 2 rings (SSSR count). The number of nitrogens with one attached hydrogen (secondary N) is 2. The number of sulfonamides is 1. The fourth-order valence-corrected chi connectivity index (χ4v) is 5.11. The summed E-state index contributed by atoms with van der Waals surface area (Å²) in [6, 6.07) is 5.25. The molecule has 6 nitrogen and oxygen atoms in total. The van der Waals surface area contributed by atoms with E-state index in [0.29, 0.717) is 42.3 Å². The van der Waals surface area contributed by atoms with E-state index in [9.17, 15) is 8.42 Å². The lowest BCUT2D eigenvalue weighted by Gasteiger charge is -2.25. The third kappa shape index (κ3) is 5.80. The molecule has 1 aromatic rings. The first-order valence-corrected chi connectivity index (χ1v) is 11.6. The number of rotatable bonds is 8. The molecule has 0 unspecified atom stereocenters. The lowest BCUT2D eigenvalue weighted by molar-refractivity contribution is 0.341. The molecule has 0 aromatic heterocycles. The molecular weight excluding hydrogens is 382 g/mol. The van der Waals surface area contributed by atoms with Gasteiger partial charge in [-0.3, -0.25) is 0 Å². The Morgan fingerprint density at radius 2 is 1.85 bits per heavy atom. The molecule has 0 spiro atoms. The molecule has 2 N–H and O–H groups in total. The summed E-state index contributed by atoms with van der Waals surface area (Å²) in [5, 5.41) is 6.99. The Morgan fingerprint density at radius 1 is 1.19 bits per heavy atom. The Balaban J connectivity index is 2.23. The number of thiocarbonyl (C=S) groups is 1. The minimum Gasteiger partial charge on any atom is -0.492 e. The van der Waals surface area contributed by atoms with Crippen molar-refractivity contribution in [3.8, 4) is 5.75 Å². The van der Waals surface area contributed by atoms with Gasteiger partial charge in [-0.1, -0.05) is 33.1 Å². The second-order valence-electron chi connectivity index (χ2n) is 6.61. The average Bonchev–Trinajstić information content (AvgIpc) is 2.64. The van der Waals surface area contributed by atoms with E-state index in [2.05, 4.69) is 10.6 Å². The summed E-state index contributed by atoms with van der Waals surface area (Å²) in [4.78, 5) is 0.234. The van der Waals surface area contributed by atoms with Crippen LogP contribution < -0.4 is 15.4 Å². The summed E-state index contributed by atoms with van der Waals surface area (Å²) in [6.45, 7) is 6.89. The van der Waals surface area contributed by atoms with Gasteiger partial charge in [0.2, 0.25) is 10.0 Å². The Labute approximate surface area is 168 Å². The Bertz CT molecular complexity index is 728. The van der Waals surface area contributed by atoms with Crippen LogP contribution >= 0.6 is 12.2 Å². The summed E-state index contributed by atoms with van der Waals surface area (Å²) in [6.07, 6.45) is 5.91. The number of hydrogen-bond donors (Lipinski definition) is 2. The van der Waals surface area contributed by atoms with Crippen LogP contribution in [0, 0.1) is 0 Å². The van der Waals surface area contributed by atoms with Crippen LogP contribution in [0.2, 0.25) is 0 Å². The third-order valence-electron chi connectivity index (χ3n) is 4.78. The maximum atomic E-state index is 12.8. The zero-order valence-electron chi connectivity index (χ0n) is 16.5. The topological polar surface area (TPSA) is 70.7 Å². The quantitative estimate of drug-likeness (QED) is 0.633. The van der Waals surface area contributed by atoms with Crippen LogP contribution in [-0.2, 0) is 10.0 Å². The van der Waals surface area contributed by atoms with E-state index in [1.165, 1.54) is 23.6 Å². The van der Waals surface area contributed by atoms with Crippen molar-refractivity contribution in [2.24, 2.45) is 0 Å². The molecule has 8 heteroatoms. The van der Waals surface area contributed by atoms with Gasteiger partial charge in [0.05, 0.1) is 17.2 Å². The second kappa shape index (κ2) is 10.2. The van der Waals surface area contributed by atoms with Gasteiger partial charge in [0.15, 0.2) is 5.11 Å². The predicted octanol–water partition coefficient (Wildman–Crippen LogP) is 3.73. The molecule has 0 atom stereocenters. The summed E-state index contributed by atoms with van der Waals surface area (Å²) < 4.78 is 32.7. The van der Waals surface area contributed by atoms with E-state index in [4.69, 9.17) is 17.0 Å². The molecule has 152 valence electrons. The highest BCUT2D eigenvalue weighted by Gasteiger charge is 2.23. The van der Waals surface area contributed by atoms with Gasteiger partial charge in [0, 0.05) is 19.1 Å². The first-order chi connectivity index (χ1) is 12.9. The molecule has 0 aliphatic heterocycles. The molecule has 1 fully saturated rings. The van der Waals surface area contributed by atoms with Crippen LogP contribution in [-0.4, -0.2) is 43.6 Å². The molecule has 0 radical (unpaired) electrons. The van der Waals surface area contributed by atoms with Crippen molar-refractivity contribution < 1.29 is 13.2 Å². The van der Waals surface area contributed by atoms with Crippen molar-refractivity contribution in [3.05, 3.63) is 18.2 Å². The highest BCUT2D eigenvalue weighted by molar-refractivity contribution is 7.89. The van der Waals surface area contributed by atoms with Crippen molar-refractivity contribution in [1.82, 2.24) is 9.62 Å². The number of nitrogens with zero attached hydrogens (tertiary/aromatic N) is 1. The molecule has 27 heavy (non-hydrogen) atoms. The highest BCUT2D eigenvalue weighted by atomic mass is 32.2. The molecule has 1 aliphatic rings. The Hall–Kier alpha value is -1.38. The van der Waals surface area contributed by atoms with Crippen LogP contribution in [0.15, 0.2) is 23.1 Å². The molecule has 1 aromatic carbocycles. The van der Waals surface area contributed by atoms with E-state index in [0.717, 1.165) is 12.8 Å². The smallest absolute Gasteiger partial charge is 0.243 e. The minimum atomic E-state index is -3.54. The first-order valence-electron chi connectivity index (χ1n) is 9.76. The minimum absolute atomic E-state index is 0.234. The van der Waals surface area contributed by atoms with Gasteiger partial charge in [-0.05, 0) is 50.2 Å². The van der Waals surface area contributed by atoms with Gasteiger partial charge >= 0.3 is 0 Å². The standard InChI is InChI=1S/C19H31N3O3S2/c1-4-22(5-2)27(23,24)16-12-13-18(25-6-3)17(14-16)21-19(26)20-15-10-8-7-9-11-15/h12-15H,4-11H2,1-3H3,(H2,20,21,26). The molecule has 0 heterocycles. The fraction of sp³-hybridized carbons (Fsp3) is 0.632. The zero-order valence-corrected chi connectivity index (χ0v) is 18.1. The van der Waals surface area contributed by atoms with Gasteiger partial charge in [-0.15, -0.1) is 0 Å². The number of ether oxygens (including phenoxy) is 1. The van der Waals surface area contributed by atoms with Crippen LogP contribution in [0.5, 0.6) is 5.75 Å². The summed E-state index contributed by atoms with van der Waals surface area (Å²) in [5.41, 5.74) is 0.568. The second-order valence-corrected chi connectivity index (χ2v) is 8.96. The van der Waals surface area contributed by atoms with Gasteiger partial charge in [0.1, 0.15) is 5.75 Å². The molecule has 1 saturated carbocycles. The van der Waals surface area contributed by atoms with E-state index in [1.807, 2.05) is 20.8 Å². The van der Waals surface area contributed by atoms with Crippen molar-refractivity contribution >= 4 is 33.0 Å². The summed E-state index contributed by atoms with van der Waals surface area (Å²) >= 11 is 5.46. The van der Waals surface area contributed by atoms with Crippen molar-refractivity contribution in [2.75, 3.05) is 25.0 Å². The third-order valence-corrected chi connectivity index (χ3v) is 7.05. The molecule has 0 bridgehead atoms. The molecule has 0 saturated heterocycles. The number of hydrogen-bond acceptors (Lipinski definition) is 4. The highest BCUT2D eigenvalue weighted by Crippen LogP contribution is 2.29. The van der Waals surface area contributed by atoms with Crippen molar-refractivity contribution in [2.45, 2.75) is 63.8 Å². The molecular formula is C19H31N3O3S2. The predicted molar refractivity (Wildman–Crippen MR) is 114 cm³/mol. The normalized spacial score (nSPS) is 15.6. The van der Waals surface area contributed by atoms with Gasteiger partial charge < -0.3 is 15.4 Å². The van der Waals surface area contributed by atoms with Crippen LogP contribution in [0.25, 0.3) is 0 Å². The molecule has 0 amide bonds. The molecule has 1 aliphatic carbocycles. The largest absolute Gasteiger partial charge is 0.492 e. The summed E-state index contributed by atoms with van der Waals surface area (Å²) in [5.74, 6) is 0.587. The fourth-order valence-electron chi connectivity index (χ4n) is 3.35. The zero-order chi connectivity index (χ0) is 19.9. The van der Waals surface area contributed by atoms with E-state index in [-0.39, 0.29) is 4.90 Å². The summed E-state index contributed by atoms with van der Waals surface area (Å²) in [7, 11) is -3.54. The number of benzene rings is 1. The lowest BCUT2D eigenvalue weighted by Crippen LogP contribution is -2.39. The van der Waals surface area contributed by atoms with Crippen LogP contribution in [0.4, 0.5) is 5.69 Å². The average molecular weight is 414 g/mol. The van der Waals surface area contributed by atoms with Crippen LogP contribution in [0.1, 0.15) is 52.9 Å². The Kier molecular flexibility index (Phi) is 8.31. The van der Waals surface area contributed by atoms with Crippen molar-refractivity contribution in [1.29, 1.82) is 0 Å². The monoisotopic (exact) mass is 413 g/mol.